The van der Waals surface area contributed by atoms with Crippen LogP contribution in [-0.2, 0) is 11.2 Å². The van der Waals surface area contributed by atoms with Crippen LogP contribution < -0.4 is 23.7 Å². The number of aryl methyl sites for hydroxylation is 1. The molecule has 0 saturated carbocycles. The predicted octanol–water partition coefficient (Wildman–Crippen LogP) is 4.51. The second kappa shape index (κ2) is 9.88. The number of carbonyl (C=O) groups excluding carboxylic acids is 2. The third kappa shape index (κ3) is 4.84. The molecule has 9 nitrogen and oxygen atoms in total. The molecule has 4 rings (SSSR count). The number of aromatic nitrogens is 1. The molecule has 34 heavy (non-hydrogen) atoms. The number of hydrogen-bond acceptors (Lipinski definition) is 9. The lowest BCUT2D eigenvalue weighted by Crippen LogP contribution is -2.08. The van der Waals surface area contributed by atoms with E-state index in [9.17, 15) is 9.59 Å². The first kappa shape index (κ1) is 23.2. The summed E-state index contributed by atoms with van der Waals surface area (Å²) in [7, 11) is 4.54. The van der Waals surface area contributed by atoms with Crippen LogP contribution in [0.3, 0.4) is 0 Å². The Balaban J connectivity index is 1.50. The van der Waals surface area contributed by atoms with E-state index in [1.807, 2.05) is 0 Å². The molecule has 0 radical (unpaired) electrons. The van der Waals surface area contributed by atoms with E-state index in [0.717, 1.165) is 0 Å². The van der Waals surface area contributed by atoms with Crippen LogP contribution in [0.15, 0.2) is 46.7 Å². The number of esters is 1. The van der Waals surface area contributed by atoms with E-state index in [1.54, 1.807) is 24.3 Å². The average molecular weight is 486 g/mol. The molecular formula is C24H20ClNO8. The molecule has 1 aliphatic heterocycles. The van der Waals surface area contributed by atoms with Crippen LogP contribution in [0.2, 0.25) is 5.15 Å². The SMILES string of the molecule is COc1cc(OC)c(OC)cc1/C=C1\Oc2cc(OC(=O)CCc3cc(Cl)no3)ccc2C1=O. The molecule has 10 heteroatoms. The number of halogens is 1. The van der Waals surface area contributed by atoms with Crippen LogP contribution in [0, 0.1) is 0 Å². The third-order valence-corrected chi connectivity index (χ3v) is 5.18. The summed E-state index contributed by atoms with van der Waals surface area (Å²) < 4.78 is 32.1. The Kier molecular flexibility index (Phi) is 6.74. The molecule has 0 fully saturated rings. The minimum atomic E-state index is -0.484. The summed E-state index contributed by atoms with van der Waals surface area (Å²) in [5, 5.41) is 3.78. The fourth-order valence-corrected chi connectivity index (χ4v) is 3.51. The fourth-order valence-electron chi connectivity index (χ4n) is 3.35. The maximum atomic E-state index is 12.8. The lowest BCUT2D eigenvalue weighted by atomic mass is 10.1. The summed E-state index contributed by atoms with van der Waals surface area (Å²) in [4.78, 5) is 25.0. The van der Waals surface area contributed by atoms with E-state index >= 15 is 0 Å². The van der Waals surface area contributed by atoms with Gasteiger partial charge in [0.05, 0.1) is 33.3 Å². The van der Waals surface area contributed by atoms with Gasteiger partial charge >= 0.3 is 5.97 Å². The zero-order chi connectivity index (χ0) is 24.2. The quantitative estimate of drug-likeness (QED) is 0.259. The van der Waals surface area contributed by atoms with Crippen molar-refractivity contribution < 1.29 is 37.8 Å². The molecular weight excluding hydrogens is 466 g/mol. The summed E-state index contributed by atoms with van der Waals surface area (Å²) >= 11 is 5.69. The molecule has 0 amide bonds. The van der Waals surface area contributed by atoms with Gasteiger partial charge in [0.1, 0.15) is 23.0 Å². The van der Waals surface area contributed by atoms with Gasteiger partial charge in [-0.2, -0.15) is 0 Å². The van der Waals surface area contributed by atoms with Crippen molar-refractivity contribution in [1.29, 1.82) is 0 Å². The Morgan fingerprint density at radius 2 is 1.76 bits per heavy atom. The number of rotatable bonds is 8. The summed E-state index contributed by atoms with van der Waals surface area (Å²) in [6.45, 7) is 0. The standard InChI is InChI=1S/C24H20ClNO8/c1-29-17-12-20(31-3)19(30-2)8-13(17)9-21-24(28)16-6-4-14(10-18(16)33-21)32-23(27)7-5-15-11-22(25)26-34-15/h4,6,8-12H,5,7H2,1-3H3/b21-9-. The van der Waals surface area contributed by atoms with Gasteiger partial charge < -0.3 is 28.2 Å². The summed E-state index contributed by atoms with van der Waals surface area (Å²) in [6, 6.07) is 9.43. The van der Waals surface area contributed by atoms with E-state index < -0.39 is 5.97 Å². The first-order valence-electron chi connectivity index (χ1n) is 10.1. The van der Waals surface area contributed by atoms with Gasteiger partial charge in [0.2, 0.25) is 5.78 Å². The van der Waals surface area contributed by atoms with Gasteiger partial charge in [-0.15, -0.1) is 0 Å². The Morgan fingerprint density at radius 1 is 1.03 bits per heavy atom. The number of benzene rings is 2. The number of Topliss-reactive ketones (excluding diaryl/α,β-unsaturated/α-hetero) is 1. The highest BCUT2D eigenvalue weighted by atomic mass is 35.5. The Hall–Kier alpha value is -3.98. The van der Waals surface area contributed by atoms with Gasteiger partial charge in [0.25, 0.3) is 0 Å². The molecule has 0 atom stereocenters. The maximum absolute atomic E-state index is 12.8. The molecule has 0 spiro atoms. The Bertz CT molecular complexity index is 1280. The largest absolute Gasteiger partial charge is 0.496 e. The molecule has 2 heterocycles. The van der Waals surface area contributed by atoms with E-state index in [0.29, 0.717) is 40.6 Å². The van der Waals surface area contributed by atoms with Crippen molar-refractivity contribution in [2.24, 2.45) is 0 Å². The number of methoxy groups -OCH3 is 3. The zero-order valence-corrected chi connectivity index (χ0v) is 19.3. The van der Waals surface area contributed by atoms with Crippen LogP contribution in [-0.4, -0.2) is 38.2 Å². The van der Waals surface area contributed by atoms with Crippen LogP contribution in [0.25, 0.3) is 6.08 Å². The van der Waals surface area contributed by atoms with Gasteiger partial charge in [0.15, 0.2) is 22.4 Å². The summed E-state index contributed by atoms with van der Waals surface area (Å²) in [6.07, 6.45) is 1.91. The third-order valence-electron chi connectivity index (χ3n) is 5.00. The molecule has 0 N–H and O–H groups in total. The molecule has 1 aromatic heterocycles. The van der Waals surface area contributed by atoms with Crippen molar-refractivity contribution >= 4 is 29.4 Å². The normalized spacial score (nSPS) is 13.4. The molecule has 176 valence electrons. The van der Waals surface area contributed by atoms with E-state index in [-0.39, 0.29) is 34.6 Å². The second-order valence-electron chi connectivity index (χ2n) is 7.14. The van der Waals surface area contributed by atoms with E-state index in [2.05, 4.69) is 5.16 Å². The highest BCUT2D eigenvalue weighted by molar-refractivity contribution is 6.29. The number of ether oxygens (including phenoxy) is 5. The second-order valence-corrected chi connectivity index (χ2v) is 7.52. The van der Waals surface area contributed by atoms with Crippen molar-refractivity contribution in [1.82, 2.24) is 5.16 Å². The van der Waals surface area contributed by atoms with Crippen LogP contribution in [0.1, 0.15) is 28.1 Å². The van der Waals surface area contributed by atoms with Crippen molar-refractivity contribution in [2.45, 2.75) is 12.8 Å². The van der Waals surface area contributed by atoms with Crippen LogP contribution in [0.4, 0.5) is 0 Å². The van der Waals surface area contributed by atoms with Crippen LogP contribution >= 0.6 is 11.6 Å². The fraction of sp³-hybridized carbons (Fsp3) is 0.208. The van der Waals surface area contributed by atoms with Crippen molar-refractivity contribution in [3.05, 3.63) is 64.2 Å². The first-order valence-corrected chi connectivity index (χ1v) is 10.5. The number of ketones is 1. The van der Waals surface area contributed by atoms with Crippen molar-refractivity contribution in [3.63, 3.8) is 0 Å². The number of nitrogens with zero attached hydrogens (tertiary/aromatic N) is 1. The minimum absolute atomic E-state index is 0.0621. The molecule has 0 aliphatic carbocycles. The van der Waals surface area contributed by atoms with Gasteiger partial charge in [-0.3, -0.25) is 9.59 Å². The Morgan fingerprint density at radius 3 is 2.44 bits per heavy atom. The molecule has 0 bridgehead atoms. The highest BCUT2D eigenvalue weighted by Gasteiger charge is 2.28. The molecule has 0 saturated heterocycles. The van der Waals surface area contributed by atoms with Crippen LogP contribution in [0.5, 0.6) is 28.7 Å². The molecule has 0 unspecified atom stereocenters. The van der Waals surface area contributed by atoms with E-state index in [4.69, 9.17) is 39.8 Å². The number of carbonyl (C=O) groups is 2. The maximum Gasteiger partial charge on any atom is 0.311 e. The monoisotopic (exact) mass is 485 g/mol. The Labute approximate surface area is 199 Å². The molecule has 2 aromatic carbocycles. The summed E-state index contributed by atoms with van der Waals surface area (Å²) in [5.74, 6) is 1.73. The van der Waals surface area contributed by atoms with Crippen molar-refractivity contribution in [3.8, 4) is 28.7 Å². The molecule has 3 aromatic rings. The van der Waals surface area contributed by atoms with Gasteiger partial charge in [-0.25, -0.2) is 0 Å². The predicted molar refractivity (Wildman–Crippen MR) is 121 cm³/mol. The lowest BCUT2D eigenvalue weighted by molar-refractivity contribution is -0.134. The number of fused-ring (bicyclic) bond motifs is 1. The number of allylic oxidation sites excluding steroid dienone is 1. The highest BCUT2D eigenvalue weighted by Crippen LogP contribution is 2.39. The van der Waals surface area contributed by atoms with E-state index in [1.165, 1.54) is 39.5 Å². The first-order chi connectivity index (χ1) is 16.4. The van der Waals surface area contributed by atoms with Gasteiger partial charge in [-0.1, -0.05) is 16.8 Å². The molecule has 1 aliphatic rings. The van der Waals surface area contributed by atoms with Gasteiger partial charge in [0, 0.05) is 30.2 Å². The average Bonchev–Trinajstić information content (AvgIpc) is 3.39. The smallest absolute Gasteiger partial charge is 0.311 e. The minimum Gasteiger partial charge on any atom is -0.496 e. The van der Waals surface area contributed by atoms with Gasteiger partial charge in [-0.05, 0) is 24.3 Å². The topological polar surface area (TPSA) is 106 Å². The van der Waals surface area contributed by atoms with Crippen molar-refractivity contribution in [2.75, 3.05) is 21.3 Å². The number of hydrogen-bond donors (Lipinski definition) is 0. The lowest BCUT2D eigenvalue weighted by Gasteiger charge is -2.12. The zero-order valence-electron chi connectivity index (χ0n) is 18.5. The summed E-state index contributed by atoms with van der Waals surface area (Å²) in [5.41, 5.74) is 0.914.